The Morgan fingerprint density at radius 3 is 2.09 bits per heavy atom. The number of hydrogen-bond acceptors (Lipinski definition) is 3. The SMILES string of the molecule is C[N+]1(C/C=C/c2ccccc2)CC[C@H](COC(=O)C(O)(c2ccccc2)c2ccccc2)C1. The first-order valence-electron chi connectivity index (χ1n) is 11.6. The zero-order valence-corrected chi connectivity index (χ0v) is 19.1. The monoisotopic (exact) mass is 442 g/mol. The van der Waals surface area contributed by atoms with Gasteiger partial charge in [-0.25, -0.2) is 4.79 Å². The molecule has 3 aromatic carbocycles. The van der Waals surface area contributed by atoms with Crippen LogP contribution in [0, 0.1) is 5.92 Å². The lowest BCUT2D eigenvalue weighted by molar-refractivity contribution is -0.893. The molecular formula is C29H32NO3+. The zero-order chi connectivity index (χ0) is 23.2. The Morgan fingerprint density at radius 1 is 0.970 bits per heavy atom. The van der Waals surface area contributed by atoms with Gasteiger partial charge in [0.15, 0.2) is 0 Å². The molecule has 4 nitrogen and oxygen atoms in total. The van der Waals surface area contributed by atoms with E-state index in [0.29, 0.717) is 17.7 Å². The Morgan fingerprint density at radius 2 is 1.52 bits per heavy atom. The highest BCUT2D eigenvalue weighted by Gasteiger charge is 2.42. The highest BCUT2D eigenvalue weighted by Crippen LogP contribution is 2.32. The van der Waals surface area contributed by atoms with E-state index in [1.165, 1.54) is 5.56 Å². The molecule has 1 fully saturated rings. The molecule has 170 valence electrons. The van der Waals surface area contributed by atoms with Gasteiger partial charge < -0.3 is 14.3 Å². The van der Waals surface area contributed by atoms with Gasteiger partial charge in [0.25, 0.3) is 0 Å². The molecule has 1 aliphatic heterocycles. The Hall–Kier alpha value is -3.21. The summed E-state index contributed by atoms with van der Waals surface area (Å²) in [6, 6.07) is 28.4. The molecule has 0 radical (unpaired) electrons. The molecule has 33 heavy (non-hydrogen) atoms. The van der Waals surface area contributed by atoms with Gasteiger partial charge in [0.1, 0.15) is 0 Å². The number of likely N-dealkylation sites (N-methyl/N-ethyl adjacent to an activating group) is 1. The van der Waals surface area contributed by atoms with Crippen LogP contribution in [0.5, 0.6) is 0 Å². The summed E-state index contributed by atoms with van der Waals surface area (Å²) in [7, 11) is 2.25. The lowest BCUT2D eigenvalue weighted by atomic mass is 9.86. The van der Waals surface area contributed by atoms with Gasteiger partial charge in [-0.1, -0.05) is 97.1 Å². The van der Waals surface area contributed by atoms with Crippen molar-refractivity contribution in [3.63, 3.8) is 0 Å². The van der Waals surface area contributed by atoms with Crippen LogP contribution in [0.2, 0.25) is 0 Å². The van der Waals surface area contributed by atoms with E-state index < -0.39 is 11.6 Å². The zero-order valence-electron chi connectivity index (χ0n) is 19.1. The van der Waals surface area contributed by atoms with E-state index in [1.807, 2.05) is 54.6 Å². The molecule has 3 aromatic rings. The summed E-state index contributed by atoms with van der Waals surface area (Å²) in [5, 5.41) is 11.5. The van der Waals surface area contributed by atoms with E-state index in [9.17, 15) is 9.90 Å². The second kappa shape index (κ2) is 10.2. The van der Waals surface area contributed by atoms with Gasteiger partial charge in [-0.05, 0) is 22.8 Å². The van der Waals surface area contributed by atoms with Crippen LogP contribution in [0.1, 0.15) is 23.1 Å². The van der Waals surface area contributed by atoms with E-state index in [0.717, 1.165) is 30.5 Å². The molecule has 1 saturated heterocycles. The normalized spacial score (nSPS) is 20.7. The third-order valence-corrected chi connectivity index (χ3v) is 6.56. The van der Waals surface area contributed by atoms with Gasteiger partial charge >= 0.3 is 5.97 Å². The van der Waals surface area contributed by atoms with Crippen molar-refractivity contribution >= 4 is 12.0 Å². The fourth-order valence-corrected chi connectivity index (χ4v) is 4.67. The molecule has 2 atom stereocenters. The molecule has 0 bridgehead atoms. The van der Waals surface area contributed by atoms with Crippen molar-refractivity contribution in [2.24, 2.45) is 5.92 Å². The van der Waals surface area contributed by atoms with Gasteiger partial charge in [-0.3, -0.25) is 0 Å². The molecule has 0 aliphatic carbocycles. The number of rotatable bonds is 8. The average Bonchev–Trinajstić information content (AvgIpc) is 3.24. The van der Waals surface area contributed by atoms with Crippen molar-refractivity contribution in [3.8, 4) is 0 Å². The van der Waals surface area contributed by atoms with Crippen LogP contribution < -0.4 is 0 Å². The van der Waals surface area contributed by atoms with Gasteiger partial charge in [0.05, 0.1) is 33.3 Å². The molecule has 1 aliphatic rings. The molecule has 0 spiro atoms. The number of likely N-dealkylation sites (tertiary alicyclic amines) is 1. The second-order valence-electron chi connectivity index (χ2n) is 9.22. The van der Waals surface area contributed by atoms with E-state index in [1.54, 1.807) is 24.3 Å². The maximum atomic E-state index is 13.2. The maximum Gasteiger partial charge on any atom is 0.347 e. The van der Waals surface area contributed by atoms with Crippen molar-refractivity contribution in [3.05, 3.63) is 114 Å². The molecule has 0 amide bonds. The predicted molar refractivity (Wildman–Crippen MR) is 131 cm³/mol. The summed E-state index contributed by atoms with van der Waals surface area (Å²) < 4.78 is 6.67. The summed E-state index contributed by atoms with van der Waals surface area (Å²) >= 11 is 0. The van der Waals surface area contributed by atoms with Crippen molar-refractivity contribution < 1.29 is 19.1 Å². The molecule has 4 heteroatoms. The number of esters is 1. The number of ether oxygens (including phenoxy) is 1. The topological polar surface area (TPSA) is 46.5 Å². The Balaban J connectivity index is 1.39. The van der Waals surface area contributed by atoms with E-state index in [-0.39, 0.29) is 5.92 Å². The highest BCUT2D eigenvalue weighted by molar-refractivity contribution is 5.85. The van der Waals surface area contributed by atoms with Gasteiger partial charge in [-0.15, -0.1) is 0 Å². The lowest BCUT2D eigenvalue weighted by Crippen LogP contribution is -2.42. The third-order valence-electron chi connectivity index (χ3n) is 6.56. The predicted octanol–water partition coefficient (Wildman–Crippen LogP) is 4.65. The summed E-state index contributed by atoms with van der Waals surface area (Å²) in [6.07, 6.45) is 5.39. The van der Waals surface area contributed by atoms with Crippen LogP contribution in [0.4, 0.5) is 0 Å². The second-order valence-corrected chi connectivity index (χ2v) is 9.22. The number of aliphatic hydroxyl groups is 1. The van der Waals surface area contributed by atoms with Crippen LogP contribution in [0.3, 0.4) is 0 Å². The average molecular weight is 443 g/mol. The summed E-state index contributed by atoms with van der Waals surface area (Å²) in [6.45, 7) is 3.25. The highest BCUT2D eigenvalue weighted by atomic mass is 16.5. The number of benzene rings is 3. The Bertz CT molecular complexity index is 1030. The van der Waals surface area contributed by atoms with E-state index in [2.05, 4.69) is 31.3 Å². The first-order valence-corrected chi connectivity index (χ1v) is 11.6. The molecule has 0 saturated carbocycles. The third kappa shape index (κ3) is 5.41. The Labute approximate surface area is 196 Å². The lowest BCUT2D eigenvalue weighted by Gasteiger charge is -2.29. The minimum absolute atomic E-state index is 0.278. The smallest absolute Gasteiger partial charge is 0.347 e. The molecular weight excluding hydrogens is 410 g/mol. The van der Waals surface area contributed by atoms with Gasteiger partial charge in [0.2, 0.25) is 5.60 Å². The Kier molecular flexibility index (Phi) is 7.07. The van der Waals surface area contributed by atoms with Gasteiger partial charge in [0, 0.05) is 12.3 Å². The van der Waals surface area contributed by atoms with Crippen molar-refractivity contribution in [2.75, 3.05) is 33.3 Å². The van der Waals surface area contributed by atoms with Crippen molar-refractivity contribution in [2.45, 2.75) is 12.0 Å². The van der Waals surface area contributed by atoms with Crippen LogP contribution in [0.25, 0.3) is 6.08 Å². The van der Waals surface area contributed by atoms with Gasteiger partial charge in [-0.2, -0.15) is 0 Å². The molecule has 4 rings (SSSR count). The first-order chi connectivity index (χ1) is 16.0. The number of nitrogens with zero attached hydrogens (tertiary/aromatic N) is 1. The molecule has 1 unspecified atom stereocenters. The maximum absolute atomic E-state index is 13.2. The minimum atomic E-state index is -1.82. The molecule has 0 aromatic heterocycles. The van der Waals surface area contributed by atoms with Crippen LogP contribution in [0.15, 0.2) is 97.1 Å². The van der Waals surface area contributed by atoms with Crippen LogP contribution in [-0.2, 0) is 15.1 Å². The van der Waals surface area contributed by atoms with E-state index in [4.69, 9.17) is 4.74 Å². The fraction of sp³-hybridized carbons (Fsp3) is 0.276. The van der Waals surface area contributed by atoms with Crippen molar-refractivity contribution in [1.82, 2.24) is 0 Å². The molecule has 1 N–H and O–H groups in total. The standard InChI is InChI=1S/C29H32NO3/c1-30(20-11-14-24-12-5-2-6-13-24)21-19-25(22-30)23-33-28(31)29(32,26-15-7-3-8-16-26)27-17-9-4-10-18-27/h2-18,25,32H,19-23H2,1H3/q+1/b14-11+/t25-,30?/m0/s1. The first kappa shape index (κ1) is 23.0. The van der Waals surface area contributed by atoms with Crippen LogP contribution in [-0.4, -0.2) is 48.8 Å². The fourth-order valence-electron chi connectivity index (χ4n) is 4.67. The summed E-state index contributed by atoms with van der Waals surface area (Å²) in [5.74, 6) is -0.343. The minimum Gasteiger partial charge on any atom is -0.462 e. The van der Waals surface area contributed by atoms with Crippen LogP contribution >= 0.6 is 0 Å². The number of quaternary nitrogens is 1. The quantitative estimate of drug-likeness (QED) is 0.408. The summed E-state index contributed by atoms with van der Waals surface area (Å²) in [4.78, 5) is 13.2. The number of hydrogen-bond donors (Lipinski definition) is 1. The summed E-state index contributed by atoms with van der Waals surface area (Å²) in [5.41, 5.74) is 0.408. The van der Waals surface area contributed by atoms with Crippen molar-refractivity contribution in [1.29, 1.82) is 0 Å². The molecule has 1 heterocycles. The number of carbonyl (C=O) groups excluding carboxylic acids is 1. The largest absolute Gasteiger partial charge is 0.462 e. The number of carbonyl (C=O) groups is 1. The van der Waals surface area contributed by atoms with E-state index >= 15 is 0 Å².